The number of nitriles is 1. The normalized spacial score (nSPS) is 10.2. The lowest BCUT2D eigenvalue weighted by Gasteiger charge is -2.15. The van der Waals surface area contributed by atoms with E-state index in [9.17, 15) is 0 Å². The molecule has 7 heteroatoms. The first kappa shape index (κ1) is 16.3. The highest BCUT2D eigenvalue weighted by atomic mass is 16.5. The average molecular weight is 336 g/mol. The van der Waals surface area contributed by atoms with E-state index in [1.807, 2.05) is 0 Å². The Morgan fingerprint density at radius 2 is 1.68 bits per heavy atom. The Bertz CT molecular complexity index is 941. The SMILES string of the molecule is COc1cc(Nc2ncnc3ccc(C#N)cc23)cc(OC)c1OC. The van der Waals surface area contributed by atoms with Gasteiger partial charge < -0.3 is 19.5 Å². The minimum atomic E-state index is 0.509. The number of fused-ring (bicyclic) bond motifs is 1. The molecule has 3 aromatic rings. The van der Waals surface area contributed by atoms with Crippen molar-refractivity contribution in [1.29, 1.82) is 5.26 Å². The number of nitrogens with one attached hydrogen (secondary N) is 1. The van der Waals surface area contributed by atoms with E-state index in [4.69, 9.17) is 19.5 Å². The summed E-state index contributed by atoms with van der Waals surface area (Å²) in [5.41, 5.74) is 1.98. The molecule has 0 aliphatic carbocycles. The molecule has 0 atom stereocenters. The quantitative estimate of drug-likeness (QED) is 0.764. The Morgan fingerprint density at radius 1 is 0.960 bits per heavy atom. The highest BCUT2D eigenvalue weighted by molar-refractivity contribution is 5.91. The van der Waals surface area contributed by atoms with E-state index >= 15 is 0 Å². The van der Waals surface area contributed by atoms with Gasteiger partial charge in [-0.05, 0) is 18.2 Å². The van der Waals surface area contributed by atoms with Gasteiger partial charge >= 0.3 is 0 Å². The highest BCUT2D eigenvalue weighted by Crippen LogP contribution is 2.40. The van der Waals surface area contributed by atoms with Crippen molar-refractivity contribution in [2.24, 2.45) is 0 Å². The fourth-order valence-corrected chi connectivity index (χ4v) is 2.52. The largest absolute Gasteiger partial charge is 0.493 e. The van der Waals surface area contributed by atoms with Crippen LogP contribution in [0, 0.1) is 11.3 Å². The zero-order chi connectivity index (χ0) is 17.8. The van der Waals surface area contributed by atoms with Crippen LogP contribution >= 0.6 is 0 Å². The predicted molar refractivity (Wildman–Crippen MR) is 93.6 cm³/mol. The van der Waals surface area contributed by atoms with Gasteiger partial charge in [0, 0.05) is 23.2 Å². The third-order valence-corrected chi connectivity index (χ3v) is 3.69. The van der Waals surface area contributed by atoms with Crippen molar-refractivity contribution in [1.82, 2.24) is 9.97 Å². The standard InChI is InChI=1S/C18H16N4O3/c1-23-15-7-12(8-16(24-2)17(15)25-3)22-18-13-6-11(9-19)4-5-14(13)20-10-21-18/h4-8,10H,1-3H3,(H,20,21,22). The zero-order valence-corrected chi connectivity index (χ0v) is 14.0. The molecule has 0 aliphatic rings. The number of nitrogens with zero attached hydrogens (tertiary/aromatic N) is 3. The minimum absolute atomic E-state index is 0.509. The molecular weight excluding hydrogens is 320 g/mol. The number of aromatic nitrogens is 2. The molecule has 1 aromatic heterocycles. The van der Waals surface area contributed by atoms with E-state index in [0.29, 0.717) is 34.3 Å². The Hall–Kier alpha value is -3.53. The lowest BCUT2D eigenvalue weighted by molar-refractivity contribution is 0.324. The molecule has 0 unspecified atom stereocenters. The third-order valence-electron chi connectivity index (χ3n) is 3.69. The van der Waals surface area contributed by atoms with Gasteiger partial charge in [-0.15, -0.1) is 0 Å². The van der Waals surface area contributed by atoms with Crippen molar-refractivity contribution in [2.45, 2.75) is 0 Å². The Labute approximate surface area is 144 Å². The monoisotopic (exact) mass is 336 g/mol. The first-order valence-corrected chi connectivity index (χ1v) is 7.42. The van der Waals surface area contributed by atoms with Gasteiger partial charge in [0.05, 0.1) is 38.5 Å². The number of rotatable bonds is 5. The van der Waals surface area contributed by atoms with E-state index in [0.717, 1.165) is 10.9 Å². The number of hydrogen-bond acceptors (Lipinski definition) is 7. The molecule has 0 bridgehead atoms. The van der Waals surface area contributed by atoms with Gasteiger partial charge in [-0.1, -0.05) is 0 Å². The lowest BCUT2D eigenvalue weighted by atomic mass is 10.1. The maximum absolute atomic E-state index is 9.11. The second kappa shape index (κ2) is 6.93. The summed E-state index contributed by atoms with van der Waals surface area (Å²) in [4.78, 5) is 8.51. The number of hydrogen-bond donors (Lipinski definition) is 1. The van der Waals surface area contributed by atoms with E-state index in [1.165, 1.54) is 6.33 Å². The molecular formula is C18H16N4O3. The van der Waals surface area contributed by atoms with Gasteiger partial charge in [-0.25, -0.2) is 9.97 Å². The van der Waals surface area contributed by atoms with Crippen molar-refractivity contribution in [3.05, 3.63) is 42.2 Å². The van der Waals surface area contributed by atoms with Crippen molar-refractivity contribution in [2.75, 3.05) is 26.6 Å². The molecule has 1 heterocycles. The maximum atomic E-state index is 9.11. The molecule has 3 rings (SSSR count). The van der Waals surface area contributed by atoms with Crippen LogP contribution < -0.4 is 19.5 Å². The summed E-state index contributed by atoms with van der Waals surface area (Å²) >= 11 is 0. The molecule has 0 aliphatic heterocycles. The average Bonchev–Trinajstić information content (AvgIpc) is 2.67. The molecule has 126 valence electrons. The summed E-state index contributed by atoms with van der Waals surface area (Å²) in [7, 11) is 4.66. The van der Waals surface area contributed by atoms with Crippen LogP contribution in [0.4, 0.5) is 11.5 Å². The minimum Gasteiger partial charge on any atom is -0.493 e. The summed E-state index contributed by atoms with van der Waals surface area (Å²) in [6.45, 7) is 0. The molecule has 7 nitrogen and oxygen atoms in total. The predicted octanol–water partition coefficient (Wildman–Crippen LogP) is 3.27. The van der Waals surface area contributed by atoms with Crippen LogP contribution in [0.2, 0.25) is 0 Å². The fourth-order valence-electron chi connectivity index (χ4n) is 2.52. The summed E-state index contributed by atoms with van der Waals surface area (Å²) in [5, 5.41) is 13.1. The highest BCUT2D eigenvalue weighted by Gasteiger charge is 2.14. The van der Waals surface area contributed by atoms with Gasteiger partial charge in [0.1, 0.15) is 12.1 Å². The lowest BCUT2D eigenvalue weighted by Crippen LogP contribution is -2.00. The topological polar surface area (TPSA) is 89.3 Å². The van der Waals surface area contributed by atoms with Crippen LogP contribution in [0.25, 0.3) is 10.9 Å². The molecule has 0 radical (unpaired) electrons. The Kier molecular flexibility index (Phi) is 4.53. The van der Waals surface area contributed by atoms with Gasteiger partial charge in [-0.3, -0.25) is 0 Å². The Morgan fingerprint density at radius 3 is 2.28 bits per heavy atom. The zero-order valence-electron chi connectivity index (χ0n) is 14.0. The van der Waals surface area contributed by atoms with E-state index in [-0.39, 0.29) is 0 Å². The van der Waals surface area contributed by atoms with Crippen LogP contribution in [0.5, 0.6) is 17.2 Å². The first-order valence-electron chi connectivity index (χ1n) is 7.42. The summed E-state index contributed by atoms with van der Waals surface area (Å²) < 4.78 is 16.0. The number of anilines is 2. The summed E-state index contributed by atoms with van der Waals surface area (Å²) in [6, 6.07) is 10.9. The number of ether oxygens (including phenoxy) is 3. The Balaban J connectivity index is 2.08. The number of benzene rings is 2. The molecule has 1 N–H and O–H groups in total. The second-order valence-electron chi connectivity index (χ2n) is 5.11. The third kappa shape index (κ3) is 3.10. The number of methoxy groups -OCH3 is 3. The summed E-state index contributed by atoms with van der Waals surface area (Å²) in [5.74, 6) is 2.15. The second-order valence-corrected chi connectivity index (χ2v) is 5.11. The van der Waals surface area contributed by atoms with Crippen molar-refractivity contribution in [3.8, 4) is 23.3 Å². The van der Waals surface area contributed by atoms with Crippen molar-refractivity contribution in [3.63, 3.8) is 0 Å². The van der Waals surface area contributed by atoms with Crippen LogP contribution in [0.15, 0.2) is 36.7 Å². The van der Waals surface area contributed by atoms with Crippen LogP contribution in [-0.4, -0.2) is 31.3 Å². The van der Waals surface area contributed by atoms with Gasteiger partial charge in [-0.2, -0.15) is 5.26 Å². The molecule has 25 heavy (non-hydrogen) atoms. The van der Waals surface area contributed by atoms with E-state index in [2.05, 4.69) is 21.4 Å². The van der Waals surface area contributed by atoms with Crippen LogP contribution in [0.1, 0.15) is 5.56 Å². The molecule has 0 spiro atoms. The summed E-state index contributed by atoms with van der Waals surface area (Å²) in [6.07, 6.45) is 1.47. The van der Waals surface area contributed by atoms with Gasteiger partial charge in [0.15, 0.2) is 11.5 Å². The molecule has 0 saturated heterocycles. The molecule has 0 fully saturated rings. The van der Waals surface area contributed by atoms with Gasteiger partial charge in [0.2, 0.25) is 5.75 Å². The molecule has 0 saturated carbocycles. The van der Waals surface area contributed by atoms with Crippen molar-refractivity contribution < 1.29 is 14.2 Å². The maximum Gasteiger partial charge on any atom is 0.203 e. The smallest absolute Gasteiger partial charge is 0.203 e. The van der Waals surface area contributed by atoms with E-state index in [1.54, 1.807) is 51.7 Å². The van der Waals surface area contributed by atoms with Crippen molar-refractivity contribution >= 4 is 22.4 Å². The van der Waals surface area contributed by atoms with Crippen LogP contribution in [-0.2, 0) is 0 Å². The van der Waals surface area contributed by atoms with Gasteiger partial charge in [0.25, 0.3) is 0 Å². The van der Waals surface area contributed by atoms with Crippen LogP contribution in [0.3, 0.4) is 0 Å². The first-order chi connectivity index (χ1) is 12.2. The van der Waals surface area contributed by atoms with E-state index < -0.39 is 0 Å². The molecule has 2 aromatic carbocycles. The fraction of sp³-hybridized carbons (Fsp3) is 0.167. The molecule has 0 amide bonds.